The third-order valence-corrected chi connectivity index (χ3v) is 7.53. The average molecular weight is 546 g/mol. The Balaban J connectivity index is 1.34. The van der Waals surface area contributed by atoms with Crippen molar-refractivity contribution < 1.29 is 14.7 Å². The number of anilines is 2. The largest absolute Gasteiger partial charge is 0.395 e. The van der Waals surface area contributed by atoms with Gasteiger partial charge in [-0.1, -0.05) is 48.0 Å². The molecule has 0 aliphatic carbocycles. The van der Waals surface area contributed by atoms with Gasteiger partial charge in [-0.2, -0.15) is 0 Å². The quantitative estimate of drug-likeness (QED) is 0.421. The summed E-state index contributed by atoms with van der Waals surface area (Å²) in [6.07, 6.45) is 0. The van der Waals surface area contributed by atoms with Crippen molar-refractivity contribution in [2.75, 3.05) is 63.1 Å². The van der Waals surface area contributed by atoms with Crippen LogP contribution in [0.3, 0.4) is 0 Å². The first kappa shape index (κ1) is 27.0. The molecule has 8 nitrogen and oxygen atoms in total. The van der Waals surface area contributed by atoms with E-state index in [1.54, 1.807) is 24.1 Å². The molecule has 2 aliphatic heterocycles. The number of amides is 2. The number of likely N-dealkylation sites (N-methyl/N-ethyl adjacent to an activating group) is 1. The van der Waals surface area contributed by atoms with Crippen LogP contribution < -0.4 is 10.2 Å². The Morgan fingerprint density at radius 1 is 1.03 bits per heavy atom. The molecule has 2 heterocycles. The predicted octanol–water partition coefficient (Wildman–Crippen LogP) is 3.77. The molecule has 3 aromatic rings. The fraction of sp³-hybridized carbons (Fsp3) is 0.300. The van der Waals surface area contributed by atoms with Crippen LogP contribution in [0.15, 0.2) is 77.8 Å². The van der Waals surface area contributed by atoms with Crippen LogP contribution in [-0.4, -0.2) is 85.4 Å². The van der Waals surface area contributed by atoms with Crippen molar-refractivity contribution in [3.8, 4) is 0 Å². The monoisotopic (exact) mass is 545 g/mol. The van der Waals surface area contributed by atoms with Crippen LogP contribution in [0.2, 0.25) is 5.02 Å². The zero-order valence-electron chi connectivity index (χ0n) is 21.9. The van der Waals surface area contributed by atoms with E-state index in [-0.39, 0.29) is 18.4 Å². The van der Waals surface area contributed by atoms with Crippen molar-refractivity contribution in [1.29, 1.82) is 0 Å². The number of rotatable bonds is 8. The summed E-state index contributed by atoms with van der Waals surface area (Å²) < 4.78 is 0. The van der Waals surface area contributed by atoms with Gasteiger partial charge in [-0.3, -0.25) is 24.4 Å². The molecule has 1 unspecified atom stereocenters. The maximum absolute atomic E-state index is 13.1. The number of fused-ring (bicyclic) bond motifs is 1. The van der Waals surface area contributed by atoms with Gasteiger partial charge in [0.1, 0.15) is 5.92 Å². The Labute approximate surface area is 233 Å². The Kier molecular flexibility index (Phi) is 8.38. The standard InChI is InChI=1S/C30H32ClN5O3/c1-34(27(38)20-36-15-13-35(14-16-36)17-18-37)24-10-8-23(9-11-24)32-29(21-5-3-2-4-6-21)28-25-12-7-22(31)19-26(25)33-30(28)39/h2-12,19,28,37H,13-18,20H2,1H3,(H,33,39). The predicted molar refractivity (Wildman–Crippen MR) is 155 cm³/mol. The Morgan fingerprint density at radius 3 is 2.41 bits per heavy atom. The first-order chi connectivity index (χ1) is 18.9. The summed E-state index contributed by atoms with van der Waals surface area (Å²) in [4.78, 5) is 37.0. The van der Waals surface area contributed by atoms with Gasteiger partial charge in [-0.05, 0) is 47.5 Å². The molecule has 39 heavy (non-hydrogen) atoms. The van der Waals surface area contributed by atoms with E-state index >= 15 is 0 Å². The molecule has 2 amide bonds. The van der Waals surface area contributed by atoms with Crippen molar-refractivity contribution in [1.82, 2.24) is 9.80 Å². The molecule has 1 atom stereocenters. The molecule has 2 N–H and O–H groups in total. The van der Waals surface area contributed by atoms with Crippen molar-refractivity contribution in [2.24, 2.45) is 4.99 Å². The zero-order chi connectivity index (χ0) is 27.4. The van der Waals surface area contributed by atoms with Gasteiger partial charge in [0.25, 0.3) is 0 Å². The molecule has 1 fully saturated rings. The summed E-state index contributed by atoms with van der Waals surface area (Å²) in [6.45, 7) is 4.50. The van der Waals surface area contributed by atoms with Gasteiger partial charge in [0, 0.05) is 56.2 Å². The van der Waals surface area contributed by atoms with Crippen LogP contribution >= 0.6 is 11.6 Å². The van der Waals surface area contributed by atoms with Crippen LogP contribution in [0.4, 0.5) is 17.1 Å². The normalized spacial score (nSPS) is 18.1. The topological polar surface area (TPSA) is 88.5 Å². The maximum Gasteiger partial charge on any atom is 0.240 e. The molecule has 1 saturated heterocycles. The van der Waals surface area contributed by atoms with E-state index in [9.17, 15) is 9.59 Å². The third-order valence-electron chi connectivity index (χ3n) is 7.29. The van der Waals surface area contributed by atoms with E-state index in [1.807, 2.05) is 60.7 Å². The first-order valence-electron chi connectivity index (χ1n) is 13.1. The number of carbonyl (C=O) groups excluding carboxylic acids is 2. The van der Waals surface area contributed by atoms with Crippen molar-refractivity contribution >= 4 is 46.2 Å². The highest BCUT2D eigenvalue weighted by atomic mass is 35.5. The average Bonchev–Trinajstić information content (AvgIpc) is 3.27. The second-order valence-corrected chi connectivity index (χ2v) is 10.3. The third kappa shape index (κ3) is 6.20. The van der Waals surface area contributed by atoms with E-state index in [4.69, 9.17) is 21.7 Å². The van der Waals surface area contributed by atoms with Crippen molar-refractivity contribution in [3.05, 3.63) is 88.9 Å². The lowest BCUT2D eigenvalue weighted by atomic mass is 9.90. The zero-order valence-corrected chi connectivity index (χ0v) is 22.6. The van der Waals surface area contributed by atoms with E-state index in [2.05, 4.69) is 15.1 Å². The summed E-state index contributed by atoms with van der Waals surface area (Å²) in [5.41, 5.74) is 4.51. The molecule has 0 aromatic heterocycles. The Morgan fingerprint density at radius 2 is 1.72 bits per heavy atom. The second-order valence-electron chi connectivity index (χ2n) is 9.83. The van der Waals surface area contributed by atoms with Crippen molar-refractivity contribution in [2.45, 2.75) is 5.92 Å². The summed E-state index contributed by atoms with van der Waals surface area (Å²) in [7, 11) is 1.78. The highest BCUT2D eigenvalue weighted by Gasteiger charge is 2.35. The number of halogens is 1. The number of carbonyl (C=O) groups is 2. The minimum absolute atomic E-state index is 0.0183. The van der Waals surface area contributed by atoms with E-state index in [1.165, 1.54) is 0 Å². The number of hydrogen-bond donors (Lipinski definition) is 2. The number of aliphatic imine (C=N–C) groups is 1. The second kappa shape index (κ2) is 12.1. The molecule has 202 valence electrons. The summed E-state index contributed by atoms with van der Waals surface area (Å²) >= 11 is 6.16. The molecule has 0 saturated carbocycles. The Hall–Kier alpha value is -3.56. The molecular formula is C30H32ClN5O3. The number of piperazine rings is 1. The molecule has 0 radical (unpaired) electrons. The van der Waals surface area contributed by atoms with Gasteiger partial charge >= 0.3 is 0 Å². The first-order valence-corrected chi connectivity index (χ1v) is 13.5. The highest BCUT2D eigenvalue weighted by molar-refractivity contribution is 6.31. The number of aliphatic hydroxyl groups excluding tert-OH is 1. The lowest BCUT2D eigenvalue weighted by molar-refractivity contribution is -0.120. The number of β-amino-alcohol motifs (C(OH)–C–C–N with tert-alkyl or cyclic N) is 1. The molecule has 9 heteroatoms. The molecule has 0 spiro atoms. The Bertz CT molecular complexity index is 1350. The molecule has 3 aromatic carbocycles. The van der Waals surface area contributed by atoms with Crippen LogP contribution in [0.25, 0.3) is 0 Å². The van der Waals surface area contributed by atoms with Gasteiger partial charge < -0.3 is 15.3 Å². The lowest BCUT2D eigenvalue weighted by Gasteiger charge is -2.34. The number of hydrogen-bond acceptors (Lipinski definition) is 6. The summed E-state index contributed by atoms with van der Waals surface area (Å²) in [6, 6.07) is 22.6. The van der Waals surface area contributed by atoms with E-state index < -0.39 is 5.92 Å². The van der Waals surface area contributed by atoms with E-state index in [0.29, 0.717) is 35.2 Å². The van der Waals surface area contributed by atoms with Gasteiger partial charge in [0.15, 0.2) is 0 Å². The van der Waals surface area contributed by atoms with Crippen LogP contribution in [0.1, 0.15) is 17.0 Å². The fourth-order valence-corrected chi connectivity index (χ4v) is 5.23. The number of aliphatic hydroxyl groups is 1. The van der Waals surface area contributed by atoms with Gasteiger partial charge in [0.2, 0.25) is 11.8 Å². The fourth-order valence-electron chi connectivity index (χ4n) is 5.05. The highest BCUT2D eigenvalue weighted by Crippen LogP contribution is 2.37. The molecule has 5 rings (SSSR count). The molecule has 2 aliphatic rings. The minimum Gasteiger partial charge on any atom is -0.395 e. The lowest BCUT2D eigenvalue weighted by Crippen LogP contribution is -2.50. The summed E-state index contributed by atoms with van der Waals surface area (Å²) in [5.74, 6) is -0.694. The van der Waals surface area contributed by atoms with E-state index in [0.717, 1.165) is 43.0 Å². The number of nitrogens with zero attached hydrogens (tertiary/aromatic N) is 4. The van der Waals surface area contributed by atoms with Crippen molar-refractivity contribution in [3.63, 3.8) is 0 Å². The van der Waals surface area contributed by atoms with Gasteiger partial charge in [0.05, 0.1) is 24.6 Å². The summed E-state index contributed by atoms with van der Waals surface area (Å²) in [5, 5.41) is 12.6. The van der Waals surface area contributed by atoms with Crippen LogP contribution in [-0.2, 0) is 9.59 Å². The maximum atomic E-state index is 13.1. The number of benzene rings is 3. The molecular weight excluding hydrogens is 514 g/mol. The smallest absolute Gasteiger partial charge is 0.240 e. The van der Waals surface area contributed by atoms with Gasteiger partial charge in [-0.25, -0.2) is 0 Å². The van der Waals surface area contributed by atoms with Crippen LogP contribution in [0, 0.1) is 0 Å². The molecule has 0 bridgehead atoms. The van der Waals surface area contributed by atoms with Gasteiger partial charge in [-0.15, -0.1) is 0 Å². The SMILES string of the molecule is CN(C(=O)CN1CCN(CCO)CC1)c1ccc(N=C(c2ccccc2)C2C(=O)Nc3cc(Cl)ccc32)cc1. The van der Waals surface area contributed by atoms with Crippen LogP contribution in [0.5, 0.6) is 0 Å². The number of nitrogens with one attached hydrogen (secondary N) is 1. The minimum atomic E-state index is -0.568.